The number of rotatable bonds is 3. The molecule has 0 radical (unpaired) electrons. The number of aryl methyl sites for hydroxylation is 1. The predicted octanol–water partition coefficient (Wildman–Crippen LogP) is 5.44. The van der Waals surface area contributed by atoms with Gasteiger partial charge in [0, 0.05) is 38.1 Å². The first-order valence-corrected chi connectivity index (χ1v) is 13.2. The topological polar surface area (TPSA) is 141 Å². The van der Waals surface area contributed by atoms with Gasteiger partial charge in [0.25, 0.3) is 0 Å². The number of carbonyl (C=O) groups is 1. The summed E-state index contributed by atoms with van der Waals surface area (Å²) >= 11 is 8.80. The molecule has 220 valence electrons. The van der Waals surface area contributed by atoms with Crippen LogP contribution in [-0.4, -0.2) is 31.4 Å². The molecule has 0 bridgehead atoms. The third-order valence-electron chi connectivity index (χ3n) is 6.00. The predicted molar refractivity (Wildman–Crippen MR) is 146 cm³/mol. The van der Waals surface area contributed by atoms with Crippen molar-refractivity contribution < 1.29 is 22.4 Å². The van der Waals surface area contributed by atoms with Gasteiger partial charge in [-0.2, -0.15) is 15.2 Å². The Hall–Kier alpha value is -4.40. The highest BCUT2D eigenvalue weighted by atomic mass is 35.5. The molecule has 0 unspecified atom stereocenters. The van der Waals surface area contributed by atoms with Crippen LogP contribution >= 0.6 is 23.2 Å². The minimum Gasteiger partial charge on any atom is -0.297 e. The van der Waals surface area contributed by atoms with Crippen LogP contribution in [0.25, 0.3) is 5.69 Å². The normalized spacial score (nSPS) is 13.5. The molecule has 3 heterocycles. The monoisotopic (exact) mass is 624 g/mol. The number of hydrazine groups is 1. The fourth-order valence-electron chi connectivity index (χ4n) is 4.01. The number of nitrogens with zero attached hydrogens (tertiary/aromatic N) is 6. The van der Waals surface area contributed by atoms with Crippen LogP contribution in [0.2, 0.25) is 0 Å². The summed E-state index contributed by atoms with van der Waals surface area (Å²) in [6, 6.07) is 6.54. The maximum absolute atomic E-state index is 13.9. The molecule has 0 saturated heterocycles. The minimum absolute atomic E-state index is 0.0419. The van der Waals surface area contributed by atoms with Crippen molar-refractivity contribution in [3.8, 4) is 17.8 Å². The third kappa shape index (κ3) is 8.31. The number of aromatic nitrogens is 3. The summed E-state index contributed by atoms with van der Waals surface area (Å²) in [6.07, 6.45) is 5.28. The van der Waals surface area contributed by atoms with Gasteiger partial charge in [-0.15, -0.1) is 5.10 Å². The van der Waals surface area contributed by atoms with Gasteiger partial charge >= 0.3 is 10.4 Å². The van der Waals surface area contributed by atoms with Crippen LogP contribution in [0.1, 0.15) is 49.1 Å². The molecule has 2 aliphatic rings. The number of halogens is 6. The summed E-state index contributed by atoms with van der Waals surface area (Å²) in [6.45, 7) is 1.28. The van der Waals surface area contributed by atoms with Crippen molar-refractivity contribution >= 4 is 39.4 Å². The number of fused-ring (bicyclic) bond motifs is 1. The summed E-state index contributed by atoms with van der Waals surface area (Å²) in [5.41, 5.74) is 3.82. The molecule has 1 aromatic heterocycles. The van der Waals surface area contributed by atoms with E-state index in [0.717, 1.165) is 73.4 Å². The Balaban J connectivity index is 0.000000206. The van der Waals surface area contributed by atoms with E-state index in [4.69, 9.17) is 15.3 Å². The van der Waals surface area contributed by atoms with E-state index in [1.54, 1.807) is 12.1 Å². The van der Waals surface area contributed by atoms with Crippen LogP contribution in [0.4, 0.5) is 28.0 Å². The largest absolute Gasteiger partial charge is 0.350 e. The average Bonchev–Trinajstić information content (AvgIpc) is 3.30. The molecule has 10 nitrogen and oxygen atoms in total. The van der Waals surface area contributed by atoms with Crippen molar-refractivity contribution in [2.45, 2.75) is 45.1 Å². The summed E-state index contributed by atoms with van der Waals surface area (Å²) in [7, 11) is 0. The number of nitrogens with one attached hydrogen (secondary N) is 2. The highest BCUT2D eigenvalue weighted by molar-refractivity contribution is 6.93. The molecule has 2 aliphatic heterocycles. The van der Waals surface area contributed by atoms with E-state index in [2.05, 4.69) is 44.1 Å². The Morgan fingerprint density at radius 3 is 2.07 bits per heavy atom. The molecule has 16 heteroatoms. The van der Waals surface area contributed by atoms with E-state index in [1.165, 1.54) is 4.57 Å². The number of benzene rings is 2. The second-order valence-corrected chi connectivity index (χ2v) is 9.68. The molecule has 3 aromatic rings. The Labute approximate surface area is 246 Å². The molecule has 2 N–H and O–H groups in total. The zero-order valence-electron chi connectivity index (χ0n) is 21.7. The number of hydrogen-bond donors (Lipinski definition) is 2. The lowest BCUT2D eigenvalue weighted by atomic mass is 10.2. The van der Waals surface area contributed by atoms with Gasteiger partial charge in [-0.25, -0.2) is 22.4 Å². The molecule has 2 aromatic carbocycles. The van der Waals surface area contributed by atoms with E-state index in [-0.39, 0.29) is 16.9 Å². The molecule has 0 spiro atoms. The van der Waals surface area contributed by atoms with Crippen LogP contribution < -0.4 is 16.5 Å². The molecular weight excluding hydrogens is 603 g/mol. The van der Waals surface area contributed by atoms with Crippen LogP contribution in [0, 0.1) is 45.9 Å². The summed E-state index contributed by atoms with van der Waals surface area (Å²) in [5, 5.41) is 21.3. The van der Waals surface area contributed by atoms with Crippen LogP contribution in [-0.2, 0) is 13.0 Å². The van der Waals surface area contributed by atoms with Crippen molar-refractivity contribution in [3.05, 3.63) is 75.0 Å². The van der Waals surface area contributed by atoms with Crippen molar-refractivity contribution in [3.63, 3.8) is 0 Å². The maximum Gasteiger partial charge on any atom is 0.350 e. The highest BCUT2D eigenvalue weighted by Crippen LogP contribution is 2.19. The van der Waals surface area contributed by atoms with Crippen molar-refractivity contribution in [1.29, 1.82) is 10.5 Å². The summed E-state index contributed by atoms with van der Waals surface area (Å²) < 4.78 is 55.8. The molecule has 42 heavy (non-hydrogen) atoms. The van der Waals surface area contributed by atoms with Gasteiger partial charge in [0.2, 0.25) is 0 Å². The van der Waals surface area contributed by atoms with E-state index in [9.17, 15) is 22.4 Å². The van der Waals surface area contributed by atoms with Crippen molar-refractivity contribution in [1.82, 2.24) is 19.8 Å². The smallest absolute Gasteiger partial charge is 0.297 e. The van der Waals surface area contributed by atoms with E-state index in [1.807, 2.05) is 0 Å². The number of aliphatic imine (C=N–C) groups is 1. The zero-order chi connectivity index (χ0) is 30.8. The Kier molecular flexibility index (Phi) is 11.5. The number of amidine groups is 1. The van der Waals surface area contributed by atoms with Crippen molar-refractivity contribution in [2.75, 3.05) is 12.0 Å². The number of anilines is 1. The second kappa shape index (κ2) is 15.0. The molecule has 0 fully saturated rings. The fraction of sp³-hybridized carbons (Fsp3) is 0.308. The van der Waals surface area contributed by atoms with Gasteiger partial charge in [-0.3, -0.25) is 25.2 Å². The second-order valence-electron chi connectivity index (χ2n) is 8.80. The van der Waals surface area contributed by atoms with Gasteiger partial charge in [0.05, 0.1) is 16.8 Å². The SMILES string of the molecule is N#Cc1cc(F)c(-n2nc3n(c2=O)CCCC3)cc1F.N#Cc1cc(F)c(NNC2=NCCCC2)cc1F.O=C(Cl)Cl. The first kappa shape index (κ1) is 32.1. The number of hydrogen-bond acceptors (Lipinski definition) is 8. The zero-order valence-corrected chi connectivity index (χ0v) is 23.2. The van der Waals surface area contributed by atoms with Crippen LogP contribution in [0.5, 0.6) is 0 Å². The lowest BCUT2D eigenvalue weighted by molar-refractivity contribution is 0.275. The molecule has 0 saturated carbocycles. The van der Waals surface area contributed by atoms with E-state index >= 15 is 0 Å². The molecule has 5 rings (SSSR count). The van der Waals surface area contributed by atoms with Gasteiger partial charge in [0.1, 0.15) is 46.9 Å². The first-order valence-electron chi connectivity index (χ1n) is 12.4. The first-order chi connectivity index (χ1) is 20.0. The quantitative estimate of drug-likeness (QED) is 0.224. The lowest BCUT2D eigenvalue weighted by Crippen LogP contribution is -2.31. The Morgan fingerprint density at radius 1 is 0.857 bits per heavy atom. The average molecular weight is 625 g/mol. The lowest BCUT2D eigenvalue weighted by Gasteiger charge is -2.15. The van der Waals surface area contributed by atoms with E-state index in [0.29, 0.717) is 18.8 Å². The maximum atomic E-state index is 13.9. The fourth-order valence-corrected chi connectivity index (χ4v) is 4.01. The molecule has 0 aliphatic carbocycles. The minimum atomic E-state index is -0.889. The van der Waals surface area contributed by atoms with Crippen LogP contribution in [0.15, 0.2) is 34.1 Å². The third-order valence-corrected chi connectivity index (χ3v) is 6.00. The Bertz CT molecular complexity index is 1640. The van der Waals surface area contributed by atoms with Crippen molar-refractivity contribution in [2.24, 2.45) is 4.99 Å². The number of nitriles is 2. The summed E-state index contributed by atoms with van der Waals surface area (Å²) in [5.74, 6) is -1.86. The van der Waals surface area contributed by atoms with E-state index < -0.39 is 39.2 Å². The number of carbonyl (C=O) groups excluding carboxylic acids is 1. The van der Waals surface area contributed by atoms with Gasteiger partial charge in [-0.1, -0.05) is 0 Å². The van der Waals surface area contributed by atoms with Gasteiger partial charge in [0.15, 0.2) is 5.82 Å². The molecule has 0 amide bonds. The van der Waals surface area contributed by atoms with Gasteiger partial charge in [-0.05, 0) is 61.0 Å². The highest BCUT2D eigenvalue weighted by Gasteiger charge is 2.21. The van der Waals surface area contributed by atoms with Gasteiger partial charge < -0.3 is 0 Å². The Morgan fingerprint density at radius 2 is 1.48 bits per heavy atom. The molecule has 0 atom stereocenters. The van der Waals surface area contributed by atoms with Crippen LogP contribution in [0.3, 0.4) is 0 Å². The molecular formula is C26H22Cl2F4N8O2. The standard InChI is InChI=1S/C13H10F2N4O.C12H12F2N4.CCl2O/c14-9-6-11(10(15)5-8(9)7-16)19-13(20)18-4-2-1-3-12(18)17-19;13-9-6-11(10(14)5-8(9)7-15)17-18-12-3-1-2-4-16-12;2-1(3)4/h5-6H,1-4H2;5-6,17H,1-4H2,(H,16,18);. The summed E-state index contributed by atoms with van der Waals surface area (Å²) in [4.78, 5) is 25.3.